The minimum absolute atomic E-state index is 0.0858. The fourth-order valence-corrected chi connectivity index (χ4v) is 1.17. The third-order valence-electron chi connectivity index (χ3n) is 2.44. The van der Waals surface area contributed by atoms with Crippen LogP contribution in [0.4, 0.5) is 18.9 Å². The summed E-state index contributed by atoms with van der Waals surface area (Å²) in [6.07, 6.45) is -6.10. The maximum Gasteiger partial charge on any atom is 0.414 e. The van der Waals surface area contributed by atoms with Gasteiger partial charge in [0.05, 0.1) is 6.61 Å². The van der Waals surface area contributed by atoms with Crippen LogP contribution in [-0.4, -0.2) is 12.3 Å². The first kappa shape index (κ1) is 12.8. The quantitative estimate of drug-likeness (QED) is 0.814. The first-order valence-electron chi connectivity index (χ1n) is 4.84. The van der Waals surface area contributed by atoms with Gasteiger partial charge in [-0.25, -0.2) is 0 Å². The van der Waals surface area contributed by atoms with E-state index in [0.717, 1.165) is 12.5 Å². The minimum Gasteiger partial charge on any atom is -0.399 e. The van der Waals surface area contributed by atoms with E-state index in [1.54, 1.807) is 25.1 Å². The van der Waals surface area contributed by atoms with Crippen molar-refractivity contribution in [3.8, 4) is 0 Å². The molecule has 90 valence electrons. The fraction of sp³-hybridized carbons (Fsp3) is 0.455. The zero-order chi connectivity index (χ0) is 12.3. The van der Waals surface area contributed by atoms with Crippen LogP contribution in [0, 0.1) is 6.92 Å². The van der Waals surface area contributed by atoms with Crippen LogP contribution in [-0.2, 0) is 11.3 Å². The molecule has 0 aliphatic heterocycles. The van der Waals surface area contributed by atoms with Crippen molar-refractivity contribution in [1.29, 1.82) is 0 Å². The highest BCUT2D eigenvalue weighted by molar-refractivity contribution is 5.49. The zero-order valence-corrected chi connectivity index (χ0v) is 9.14. The van der Waals surface area contributed by atoms with Gasteiger partial charge in [0.25, 0.3) is 0 Å². The van der Waals surface area contributed by atoms with Crippen molar-refractivity contribution in [2.45, 2.75) is 32.7 Å². The summed E-state index contributed by atoms with van der Waals surface area (Å²) >= 11 is 0. The number of nitrogen functional groups attached to an aromatic ring is 1. The van der Waals surface area contributed by atoms with Crippen molar-refractivity contribution < 1.29 is 17.9 Å². The standard InChI is InChI=1S/C11H14F3NO/c1-7-9(4-3-5-10(7)15)6-16-8(2)11(12,13)14/h3-5,8H,6,15H2,1-2H3. The largest absolute Gasteiger partial charge is 0.414 e. The molecule has 5 heteroatoms. The van der Waals surface area contributed by atoms with Gasteiger partial charge in [-0.2, -0.15) is 13.2 Å². The third-order valence-corrected chi connectivity index (χ3v) is 2.44. The molecule has 0 fully saturated rings. The number of hydrogen-bond acceptors (Lipinski definition) is 2. The van der Waals surface area contributed by atoms with Crippen LogP contribution >= 0.6 is 0 Å². The molecule has 16 heavy (non-hydrogen) atoms. The van der Waals surface area contributed by atoms with E-state index in [1.807, 2.05) is 0 Å². The predicted octanol–water partition coefficient (Wildman–Crippen LogP) is 3.04. The first-order valence-corrected chi connectivity index (χ1v) is 4.84. The van der Waals surface area contributed by atoms with Crippen LogP contribution in [0.15, 0.2) is 18.2 Å². The Balaban J connectivity index is 2.65. The Kier molecular flexibility index (Phi) is 3.80. The summed E-state index contributed by atoms with van der Waals surface area (Å²) in [5.41, 5.74) is 7.63. The van der Waals surface area contributed by atoms with E-state index in [0.29, 0.717) is 11.3 Å². The molecule has 0 saturated heterocycles. The molecule has 0 bridgehead atoms. The van der Waals surface area contributed by atoms with Crippen molar-refractivity contribution in [2.75, 3.05) is 5.73 Å². The second kappa shape index (κ2) is 4.74. The zero-order valence-electron chi connectivity index (χ0n) is 9.14. The molecule has 2 nitrogen and oxygen atoms in total. The van der Waals surface area contributed by atoms with E-state index in [1.165, 1.54) is 0 Å². The number of alkyl halides is 3. The van der Waals surface area contributed by atoms with Gasteiger partial charge < -0.3 is 10.5 Å². The lowest BCUT2D eigenvalue weighted by Gasteiger charge is -2.17. The minimum atomic E-state index is -4.33. The maximum absolute atomic E-state index is 12.2. The SMILES string of the molecule is Cc1c(N)cccc1COC(C)C(F)(F)F. The van der Waals surface area contributed by atoms with Gasteiger partial charge in [0.15, 0.2) is 6.10 Å². The van der Waals surface area contributed by atoms with Crippen molar-refractivity contribution in [3.63, 3.8) is 0 Å². The lowest BCUT2D eigenvalue weighted by Crippen LogP contribution is -2.28. The number of ether oxygens (including phenoxy) is 1. The number of halogens is 3. The average Bonchev–Trinajstić information content (AvgIpc) is 2.18. The molecule has 0 radical (unpaired) electrons. The molecule has 1 atom stereocenters. The lowest BCUT2D eigenvalue weighted by molar-refractivity contribution is -0.217. The normalized spacial score (nSPS) is 13.8. The number of benzene rings is 1. The Hall–Kier alpha value is -1.23. The van der Waals surface area contributed by atoms with Crippen LogP contribution in [0.25, 0.3) is 0 Å². The molecule has 0 amide bonds. The molecular weight excluding hydrogens is 219 g/mol. The number of nitrogens with two attached hydrogens (primary N) is 1. The van der Waals surface area contributed by atoms with Gasteiger partial charge in [-0.05, 0) is 31.0 Å². The second-order valence-electron chi connectivity index (χ2n) is 3.63. The molecular formula is C11H14F3NO. The summed E-state index contributed by atoms with van der Waals surface area (Å²) in [4.78, 5) is 0. The molecule has 0 saturated carbocycles. The van der Waals surface area contributed by atoms with Crippen LogP contribution in [0.2, 0.25) is 0 Å². The van der Waals surface area contributed by atoms with E-state index >= 15 is 0 Å². The molecule has 1 aromatic rings. The van der Waals surface area contributed by atoms with Gasteiger partial charge >= 0.3 is 6.18 Å². The molecule has 1 aromatic carbocycles. The molecule has 1 rings (SSSR count). The average molecular weight is 233 g/mol. The van der Waals surface area contributed by atoms with E-state index in [9.17, 15) is 13.2 Å². The molecule has 1 unspecified atom stereocenters. The van der Waals surface area contributed by atoms with Gasteiger partial charge in [0.2, 0.25) is 0 Å². The fourth-order valence-electron chi connectivity index (χ4n) is 1.17. The topological polar surface area (TPSA) is 35.2 Å². The van der Waals surface area contributed by atoms with Gasteiger partial charge in [-0.1, -0.05) is 12.1 Å². The van der Waals surface area contributed by atoms with Crippen LogP contribution in [0.5, 0.6) is 0 Å². The molecule has 0 aromatic heterocycles. The number of hydrogen-bond donors (Lipinski definition) is 1. The summed E-state index contributed by atoms with van der Waals surface area (Å²) in [6.45, 7) is 2.66. The molecule has 0 aliphatic rings. The van der Waals surface area contributed by atoms with E-state index in [-0.39, 0.29) is 6.61 Å². The van der Waals surface area contributed by atoms with Crippen molar-refractivity contribution in [3.05, 3.63) is 29.3 Å². The lowest BCUT2D eigenvalue weighted by atomic mass is 10.1. The Labute approximate surface area is 92.2 Å². The van der Waals surface area contributed by atoms with Gasteiger partial charge in [-0.3, -0.25) is 0 Å². The highest BCUT2D eigenvalue weighted by Gasteiger charge is 2.36. The van der Waals surface area contributed by atoms with Gasteiger partial charge in [0.1, 0.15) is 0 Å². The summed E-state index contributed by atoms with van der Waals surface area (Å²) < 4.78 is 41.3. The molecule has 0 spiro atoms. The highest BCUT2D eigenvalue weighted by atomic mass is 19.4. The number of anilines is 1. The Morgan fingerprint density at radius 1 is 1.38 bits per heavy atom. The maximum atomic E-state index is 12.2. The van der Waals surface area contributed by atoms with Gasteiger partial charge in [-0.15, -0.1) is 0 Å². The first-order chi connectivity index (χ1) is 7.32. The van der Waals surface area contributed by atoms with Crippen LogP contribution < -0.4 is 5.73 Å². The second-order valence-corrected chi connectivity index (χ2v) is 3.63. The molecule has 0 heterocycles. The van der Waals surface area contributed by atoms with E-state index in [4.69, 9.17) is 10.5 Å². The molecule has 0 aliphatic carbocycles. The predicted molar refractivity (Wildman–Crippen MR) is 55.9 cm³/mol. The summed E-state index contributed by atoms with van der Waals surface area (Å²) in [5, 5.41) is 0. The van der Waals surface area contributed by atoms with Crippen LogP contribution in [0.1, 0.15) is 18.1 Å². The summed E-state index contributed by atoms with van der Waals surface area (Å²) in [5.74, 6) is 0. The highest BCUT2D eigenvalue weighted by Crippen LogP contribution is 2.24. The van der Waals surface area contributed by atoms with Gasteiger partial charge in [0, 0.05) is 5.69 Å². The summed E-state index contributed by atoms with van der Waals surface area (Å²) in [6, 6.07) is 5.10. The number of rotatable bonds is 3. The summed E-state index contributed by atoms with van der Waals surface area (Å²) in [7, 11) is 0. The van der Waals surface area contributed by atoms with Crippen molar-refractivity contribution in [2.24, 2.45) is 0 Å². The monoisotopic (exact) mass is 233 g/mol. The Morgan fingerprint density at radius 2 is 2.00 bits per heavy atom. The smallest absolute Gasteiger partial charge is 0.399 e. The van der Waals surface area contributed by atoms with E-state index < -0.39 is 12.3 Å². The van der Waals surface area contributed by atoms with Crippen molar-refractivity contribution in [1.82, 2.24) is 0 Å². The van der Waals surface area contributed by atoms with Crippen LogP contribution in [0.3, 0.4) is 0 Å². The third kappa shape index (κ3) is 3.13. The molecule has 2 N–H and O–H groups in total. The Morgan fingerprint density at radius 3 is 2.56 bits per heavy atom. The van der Waals surface area contributed by atoms with Crippen molar-refractivity contribution >= 4 is 5.69 Å². The Bertz CT molecular complexity index is 363. The van der Waals surface area contributed by atoms with E-state index in [2.05, 4.69) is 0 Å².